The molecule has 0 unspecified atom stereocenters. The summed E-state index contributed by atoms with van der Waals surface area (Å²) in [5.41, 5.74) is 1.86. The largest absolute Gasteiger partial charge is 0.353 e. The van der Waals surface area contributed by atoms with Gasteiger partial charge in [0.05, 0.1) is 11.6 Å². The molecule has 0 aliphatic carbocycles. The molecule has 1 saturated heterocycles. The molecule has 1 fully saturated rings. The predicted octanol–water partition coefficient (Wildman–Crippen LogP) is 1.82. The molecular weight excluding hydrogens is 307 g/mol. The zero-order valence-electron chi connectivity index (χ0n) is 13.6. The fraction of sp³-hybridized carbons (Fsp3) is 0.353. The summed E-state index contributed by atoms with van der Waals surface area (Å²) >= 11 is 0. The zero-order chi connectivity index (χ0) is 16.5. The molecule has 2 aromatic heterocycles. The van der Waals surface area contributed by atoms with Crippen molar-refractivity contribution in [2.24, 2.45) is 7.05 Å². The Labute approximate surface area is 139 Å². The monoisotopic (exact) mass is 326 g/mol. The van der Waals surface area contributed by atoms with E-state index in [1.807, 2.05) is 19.3 Å². The lowest BCUT2D eigenvalue weighted by Gasteiger charge is -2.35. The maximum Gasteiger partial charge on any atom is 0.163 e. The normalized spacial score (nSPS) is 16.0. The standard InChI is InChI=1S/C17H19FN6/c1-22-16-15(10-21-22)17(20-12-19-16)24-7-5-23(6-8-24)11-13-3-2-4-14(18)9-13/h2-4,9-10,12H,5-8,11H2,1H3. The van der Waals surface area contributed by atoms with Crippen LogP contribution in [0.3, 0.4) is 0 Å². The first-order valence-corrected chi connectivity index (χ1v) is 8.05. The molecule has 0 spiro atoms. The van der Waals surface area contributed by atoms with E-state index in [-0.39, 0.29) is 5.82 Å². The minimum Gasteiger partial charge on any atom is -0.353 e. The van der Waals surface area contributed by atoms with E-state index in [2.05, 4.69) is 24.9 Å². The quantitative estimate of drug-likeness (QED) is 0.735. The van der Waals surface area contributed by atoms with Gasteiger partial charge >= 0.3 is 0 Å². The molecule has 0 saturated carbocycles. The second kappa shape index (κ2) is 6.16. The third kappa shape index (κ3) is 2.82. The Balaban J connectivity index is 1.46. The van der Waals surface area contributed by atoms with Gasteiger partial charge in [-0.05, 0) is 17.7 Å². The lowest BCUT2D eigenvalue weighted by atomic mass is 10.2. The van der Waals surface area contributed by atoms with Crippen LogP contribution >= 0.6 is 0 Å². The van der Waals surface area contributed by atoms with E-state index in [9.17, 15) is 4.39 Å². The molecule has 1 aliphatic heterocycles. The van der Waals surface area contributed by atoms with Crippen LogP contribution in [0.5, 0.6) is 0 Å². The van der Waals surface area contributed by atoms with Crippen LogP contribution in [-0.2, 0) is 13.6 Å². The van der Waals surface area contributed by atoms with E-state index >= 15 is 0 Å². The van der Waals surface area contributed by atoms with E-state index in [0.29, 0.717) is 0 Å². The summed E-state index contributed by atoms with van der Waals surface area (Å²) in [6.07, 6.45) is 3.42. The highest BCUT2D eigenvalue weighted by Gasteiger charge is 2.21. The lowest BCUT2D eigenvalue weighted by molar-refractivity contribution is 0.249. The van der Waals surface area contributed by atoms with E-state index in [0.717, 1.165) is 55.1 Å². The van der Waals surface area contributed by atoms with Gasteiger partial charge in [-0.15, -0.1) is 0 Å². The van der Waals surface area contributed by atoms with Crippen molar-refractivity contribution in [2.75, 3.05) is 31.1 Å². The summed E-state index contributed by atoms with van der Waals surface area (Å²) in [6.45, 7) is 4.38. The van der Waals surface area contributed by atoms with E-state index in [1.165, 1.54) is 6.07 Å². The van der Waals surface area contributed by atoms with Gasteiger partial charge in [-0.2, -0.15) is 5.10 Å². The third-order valence-corrected chi connectivity index (χ3v) is 4.48. The van der Waals surface area contributed by atoms with Crippen molar-refractivity contribution in [3.8, 4) is 0 Å². The van der Waals surface area contributed by atoms with E-state index in [4.69, 9.17) is 0 Å². The van der Waals surface area contributed by atoms with Gasteiger partial charge < -0.3 is 4.90 Å². The summed E-state index contributed by atoms with van der Waals surface area (Å²) in [7, 11) is 1.88. The first-order valence-electron chi connectivity index (χ1n) is 8.05. The second-order valence-electron chi connectivity index (χ2n) is 6.10. The third-order valence-electron chi connectivity index (χ3n) is 4.48. The maximum atomic E-state index is 13.3. The smallest absolute Gasteiger partial charge is 0.163 e. The zero-order valence-corrected chi connectivity index (χ0v) is 13.6. The predicted molar refractivity (Wildman–Crippen MR) is 90.2 cm³/mol. The number of benzene rings is 1. The number of rotatable bonds is 3. The van der Waals surface area contributed by atoms with Gasteiger partial charge in [-0.25, -0.2) is 14.4 Å². The van der Waals surface area contributed by atoms with Crippen molar-refractivity contribution < 1.29 is 4.39 Å². The highest BCUT2D eigenvalue weighted by molar-refractivity contribution is 5.86. The first-order chi connectivity index (χ1) is 11.7. The van der Waals surface area contributed by atoms with Crippen molar-refractivity contribution in [3.05, 3.63) is 48.2 Å². The number of hydrogen-bond donors (Lipinski definition) is 0. The number of fused-ring (bicyclic) bond motifs is 1. The second-order valence-corrected chi connectivity index (χ2v) is 6.10. The molecule has 0 amide bonds. The Kier molecular flexibility index (Phi) is 3.86. The molecule has 0 radical (unpaired) electrons. The molecule has 3 heterocycles. The van der Waals surface area contributed by atoms with E-state index < -0.39 is 0 Å². The summed E-state index contributed by atoms with van der Waals surface area (Å²) in [6, 6.07) is 6.83. The summed E-state index contributed by atoms with van der Waals surface area (Å²) < 4.78 is 15.1. The molecule has 24 heavy (non-hydrogen) atoms. The van der Waals surface area contributed by atoms with Gasteiger partial charge in [0.25, 0.3) is 0 Å². The molecule has 1 aromatic carbocycles. The Morgan fingerprint density at radius 3 is 2.75 bits per heavy atom. The minimum atomic E-state index is -0.175. The molecule has 0 N–H and O–H groups in total. The molecule has 0 bridgehead atoms. The fourth-order valence-electron chi connectivity index (χ4n) is 3.21. The van der Waals surface area contributed by atoms with Crippen molar-refractivity contribution in [3.63, 3.8) is 0 Å². The number of nitrogens with zero attached hydrogens (tertiary/aromatic N) is 6. The topological polar surface area (TPSA) is 50.1 Å². The van der Waals surface area contributed by atoms with Crippen LogP contribution in [0.25, 0.3) is 11.0 Å². The van der Waals surface area contributed by atoms with Gasteiger partial charge in [0.15, 0.2) is 5.65 Å². The Hall–Kier alpha value is -2.54. The van der Waals surface area contributed by atoms with Gasteiger partial charge in [0, 0.05) is 39.8 Å². The molecule has 4 rings (SSSR count). The van der Waals surface area contributed by atoms with Crippen molar-refractivity contribution in [2.45, 2.75) is 6.54 Å². The average molecular weight is 326 g/mol. The van der Waals surface area contributed by atoms with E-state index in [1.54, 1.807) is 23.1 Å². The first kappa shape index (κ1) is 15.0. The van der Waals surface area contributed by atoms with Crippen molar-refractivity contribution in [1.82, 2.24) is 24.6 Å². The Morgan fingerprint density at radius 1 is 1.12 bits per heavy atom. The SMILES string of the molecule is Cn1ncc2c(N3CCN(Cc4cccc(F)c4)CC3)ncnc21. The van der Waals surface area contributed by atoms with Gasteiger partial charge in [0.2, 0.25) is 0 Å². The van der Waals surface area contributed by atoms with Crippen LogP contribution in [0.1, 0.15) is 5.56 Å². The van der Waals surface area contributed by atoms with Crippen LogP contribution in [0.15, 0.2) is 36.8 Å². The van der Waals surface area contributed by atoms with Crippen LogP contribution in [-0.4, -0.2) is 50.8 Å². The highest BCUT2D eigenvalue weighted by Crippen LogP contribution is 2.23. The molecule has 124 valence electrons. The van der Waals surface area contributed by atoms with Crippen LogP contribution in [0, 0.1) is 5.82 Å². The van der Waals surface area contributed by atoms with Crippen molar-refractivity contribution in [1.29, 1.82) is 0 Å². The summed E-state index contributed by atoms with van der Waals surface area (Å²) in [4.78, 5) is 13.4. The summed E-state index contributed by atoms with van der Waals surface area (Å²) in [5, 5.41) is 5.26. The molecule has 1 aliphatic rings. The van der Waals surface area contributed by atoms with Crippen LogP contribution in [0.2, 0.25) is 0 Å². The molecular formula is C17H19FN6. The molecule has 6 nitrogen and oxygen atoms in total. The van der Waals surface area contributed by atoms with Gasteiger partial charge in [0.1, 0.15) is 18.0 Å². The van der Waals surface area contributed by atoms with Gasteiger partial charge in [-0.3, -0.25) is 9.58 Å². The Morgan fingerprint density at radius 2 is 1.96 bits per heavy atom. The number of aromatic nitrogens is 4. The maximum absolute atomic E-state index is 13.3. The summed E-state index contributed by atoms with van der Waals surface area (Å²) in [5.74, 6) is 0.768. The number of halogens is 1. The number of piperazine rings is 1. The number of anilines is 1. The lowest BCUT2D eigenvalue weighted by Crippen LogP contribution is -2.46. The molecule has 7 heteroatoms. The molecule has 0 atom stereocenters. The average Bonchev–Trinajstić information content (AvgIpc) is 2.97. The minimum absolute atomic E-state index is 0.175. The van der Waals surface area contributed by atoms with Crippen LogP contribution < -0.4 is 4.90 Å². The van der Waals surface area contributed by atoms with Crippen molar-refractivity contribution >= 4 is 16.9 Å². The highest BCUT2D eigenvalue weighted by atomic mass is 19.1. The van der Waals surface area contributed by atoms with Crippen LogP contribution in [0.4, 0.5) is 10.2 Å². The van der Waals surface area contributed by atoms with Gasteiger partial charge in [-0.1, -0.05) is 12.1 Å². The number of aryl methyl sites for hydroxylation is 1. The fourth-order valence-corrected chi connectivity index (χ4v) is 3.21. The number of hydrogen-bond acceptors (Lipinski definition) is 5. The Bertz CT molecular complexity index is 853. The molecule has 3 aromatic rings.